The van der Waals surface area contributed by atoms with Crippen molar-refractivity contribution in [2.75, 3.05) is 6.61 Å². The van der Waals surface area contributed by atoms with Gasteiger partial charge in [0.2, 0.25) is 0 Å². The minimum Gasteiger partial charge on any atom is -0.494 e. The van der Waals surface area contributed by atoms with Gasteiger partial charge in [-0.05, 0) is 31.5 Å². The molecule has 0 aromatic heterocycles. The summed E-state index contributed by atoms with van der Waals surface area (Å²) in [5.41, 5.74) is 6.24. The van der Waals surface area contributed by atoms with Gasteiger partial charge in [-0.2, -0.15) is 0 Å². The molecule has 0 heterocycles. The van der Waals surface area contributed by atoms with Crippen LogP contribution in [0, 0.1) is 5.82 Å². The average Bonchev–Trinajstić information content (AvgIpc) is 2.16. The first kappa shape index (κ1) is 11.9. The van der Waals surface area contributed by atoms with Gasteiger partial charge in [-0.3, -0.25) is 0 Å². The molecule has 3 nitrogen and oxygen atoms in total. The van der Waals surface area contributed by atoms with Gasteiger partial charge in [0.05, 0.1) is 18.8 Å². The molecule has 0 fully saturated rings. The van der Waals surface area contributed by atoms with Gasteiger partial charge in [-0.15, -0.1) is 0 Å². The number of rotatable bonds is 4. The van der Waals surface area contributed by atoms with Crippen molar-refractivity contribution < 1.29 is 14.2 Å². The zero-order valence-corrected chi connectivity index (χ0v) is 8.90. The molecule has 0 aliphatic carbocycles. The normalized spacial score (nSPS) is 14.7. The van der Waals surface area contributed by atoms with Crippen LogP contribution in [0.3, 0.4) is 0 Å². The molecule has 1 aromatic carbocycles. The van der Waals surface area contributed by atoms with E-state index in [1.54, 1.807) is 13.0 Å². The Balaban J connectivity index is 2.97. The van der Waals surface area contributed by atoms with E-state index >= 15 is 0 Å². The van der Waals surface area contributed by atoms with Gasteiger partial charge in [0.1, 0.15) is 11.6 Å². The number of nitrogens with two attached hydrogens (primary N) is 1. The van der Waals surface area contributed by atoms with Crippen molar-refractivity contribution >= 4 is 0 Å². The Morgan fingerprint density at radius 3 is 2.67 bits per heavy atom. The second-order valence-electron chi connectivity index (χ2n) is 3.42. The summed E-state index contributed by atoms with van der Waals surface area (Å²) in [5.74, 6) is 0.0238. The molecule has 15 heavy (non-hydrogen) atoms. The number of aliphatic hydroxyl groups excluding tert-OH is 1. The molecule has 0 bridgehead atoms. The zero-order valence-electron chi connectivity index (χ0n) is 8.90. The Labute approximate surface area is 88.7 Å². The van der Waals surface area contributed by atoms with E-state index in [0.717, 1.165) is 0 Å². The number of benzene rings is 1. The van der Waals surface area contributed by atoms with Gasteiger partial charge in [0.25, 0.3) is 0 Å². The summed E-state index contributed by atoms with van der Waals surface area (Å²) >= 11 is 0. The van der Waals surface area contributed by atoms with Gasteiger partial charge >= 0.3 is 0 Å². The predicted molar refractivity (Wildman–Crippen MR) is 56.2 cm³/mol. The van der Waals surface area contributed by atoms with E-state index < -0.39 is 18.0 Å². The minimum absolute atomic E-state index is 0.410. The Morgan fingerprint density at radius 1 is 1.47 bits per heavy atom. The van der Waals surface area contributed by atoms with E-state index in [2.05, 4.69) is 0 Å². The summed E-state index contributed by atoms with van der Waals surface area (Å²) in [6, 6.07) is 3.64. The maximum Gasteiger partial charge on any atom is 0.127 e. The first-order valence-corrected chi connectivity index (χ1v) is 4.91. The van der Waals surface area contributed by atoms with Crippen molar-refractivity contribution in [3.05, 3.63) is 29.6 Å². The number of hydrogen-bond donors (Lipinski definition) is 2. The molecular formula is C11H16FNO2. The van der Waals surface area contributed by atoms with E-state index in [-0.39, 0.29) is 0 Å². The van der Waals surface area contributed by atoms with Crippen molar-refractivity contribution in [3.8, 4) is 5.75 Å². The lowest BCUT2D eigenvalue weighted by Crippen LogP contribution is -2.23. The second-order valence-corrected chi connectivity index (χ2v) is 3.42. The van der Waals surface area contributed by atoms with Crippen molar-refractivity contribution in [1.82, 2.24) is 0 Å². The first-order valence-electron chi connectivity index (χ1n) is 4.91. The second kappa shape index (κ2) is 5.09. The molecule has 0 radical (unpaired) electrons. The molecule has 0 aliphatic rings. The molecule has 1 rings (SSSR count). The quantitative estimate of drug-likeness (QED) is 0.798. The molecular weight excluding hydrogens is 197 g/mol. The van der Waals surface area contributed by atoms with Crippen LogP contribution in [0.15, 0.2) is 18.2 Å². The maximum absolute atomic E-state index is 13.2. The topological polar surface area (TPSA) is 55.5 Å². The summed E-state index contributed by atoms with van der Waals surface area (Å²) in [6.07, 6.45) is -0.721. The largest absolute Gasteiger partial charge is 0.494 e. The first-order chi connectivity index (χ1) is 7.04. The molecule has 0 saturated heterocycles. The summed E-state index contributed by atoms with van der Waals surface area (Å²) in [6.45, 7) is 3.85. The lowest BCUT2D eigenvalue weighted by Gasteiger charge is -2.16. The van der Waals surface area contributed by atoms with E-state index in [9.17, 15) is 9.50 Å². The number of halogens is 1. The molecule has 0 saturated carbocycles. The van der Waals surface area contributed by atoms with Gasteiger partial charge in [-0.25, -0.2) is 4.39 Å². The molecule has 84 valence electrons. The smallest absolute Gasteiger partial charge is 0.127 e. The van der Waals surface area contributed by atoms with Crippen LogP contribution in [0.2, 0.25) is 0 Å². The molecule has 0 spiro atoms. The molecule has 1 aromatic rings. The van der Waals surface area contributed by atoms with E-state index in [1.165, 1.54) is 12.1 Å². The Kier molecular flexibility index (Phi) is 4.05. The van der Waals surface area contributed by atoms with Gasteiger partial charge in [0, 0.05) is 6.07 Å². The standard InChI is InChI=1S/C11H16FNO2/c1-3-15-10-5-8(4-9(12)6-10)11(13)7(2)14/h4-7,11,14H,3,13H2,1-2H3/t7-,11+/m0/s1. The van der Waals surface area contributed by atoms with Crippen LogP contribution >= 0.6 is 0 Å². The number of hydrogen-bond acceptors (Lipinski definition) is 3. The third kappa shape index (κ3) is 3.18. The van der Waals surface area contributed by atoms with Crippen LogP contribution in [0.1, 0.15) is 25.5 Å². The van der Waals surface area contributed by atoms with Crippen molar-refractivity contribution in [1.29, 1.82) is 0 Å². The van der Waals surface area contributed by atoms with Crippen molar-refractivity contribution in [3.63, 3.8) is 0 Å². The SMILES string of the molecule is CCOc1cc(F)cc([C@H](N)[C@H](C)O)c1. The highest BCUT2D eigenvalue weighted by atomic mass is 19.1. The fourth-order valence-electron chi connectivity index (χ4n) is 1.31. The highest BCUT2D eigenvalue weighted by molar-refractivity contribution is 5.31. The summed E-state index contributed by atoms with van der Waals surface area (Å²) < 4.78 is 18.3. The summed E-state index contributed by atoms with van der Waals surface area (Å²) in [5, 5.41) is 9.30. The number of aliphatic hydroxyl groups is 1. The lowest BCUT2D eigenvalue weighted by molar-refractivity contribution is 0.164. The Hall–Kier alpha value is -1.13. The van der Waals surface area contributed by atoms with Gasteiger partial charge in [-0.1, -0.05) is 0 Å². The highest BCUT2D eigenvalue weighted by Crippen LogP contribution is 2.22. The van der Waals surface area contributed by atoms with Crippen LogP contribution in [0.25, 0.3) is 0 Å². The zero-order chi connectivity index (χ0) is 11.4. The van der Waals surface area contributed by atoms with Crippen LogP contribution < -0.4 is 10.5 Å². The van der Waals surface area contributed by atoms with Crippen LogP contribution in [-0.4, -0.2) is 17.8 Å². The lowest BCUT2D eigenvalue weighted by atomic mass is 10.0. The third-order valence-corrected chi connectivity index (χ3v) is 2.11. The van der Waals surface area contributed by atoms with Crippen molar-refractivity contribution in [2.45, 2.75) is 26.0 Å². The van der Waals surface area contributed by atoms with Crippen LogP contribution in [0.4, 0.5) is 4.39 Å². The predicted octanol–water partition coefficient (Wildman–Crippen LogP) is 1.60. The van der Waals surface area contributed by atoms with E-state index in [1.807, 2.05) is 6.92 Å². The van der Waals surface area contributed by atoms with Gasteiger partial charge < -0.3 is 15.6 Å². The summed E-state index contributed by atoms with van der Waals surface area (Å²) in [7, 11) is 0. The maximum atomic E-state index is 13.2. The molecule has 4 heteroatoms. The molecule has 0 amide bonds. The fraction of sp³-hybridized carbons (Fsp3) is 0.455. The fourth-order valence-corrected chi connectivity index (χ4v) is 1.31. The third-order valence-electron chi connectivity index (χ3n) is 2.11. The Bertz CT molecular complexity index is 328. The van der Waals surface area contributed by atoms with Gasteiger partial charge in [0.15, 0.2) is 0 Å². The molecule has 0 unspecified atom stereocenters. The molecule has 0 aliphatic heterocycles. The molecule has 3 N–H and O–H groups in total. The molecule has 2 atom stereocenters. The summed E-state index contributed by atoms with van der Waals surface area (Å²) in [4.78, 5) is 0. The van der Waals surface area contributed by atoms with E-state index in [0.29, 0.717) is 17.9 Å². The van der Waals surface area contributed by atoms with Crippen LogP contribution in [0.5, 0.6) is 5.75 Å². The van der Waals surface area contributed by atoms with E-state index in [4.69, 9.17) is 10.5 Å². The monoisotopic (exact) mass is 213 g/mol. The van der Waals surface area contributed by atoms with Crippen LogP contribution in [-0.2, 0) is 0 Å². The Morgan fingerprint density at radius 2 is 2.13 bits per heavy atom. The van der Waals surface area contributed by atoms with Crippen molar-refractivity contribution in [2.24, 2.45) is 5.73 Å². The minimum atomic E-state index is -0.721. The average molecular weight is 213 g/mol. The highest BCUT2D eigenvalue weighted by Gasteiger charge is 2.14. The number of ether oxygens (including phenoxy) is 1.